The van der Waals surface area contributed by atoms with Crippen LogP contribution in [0.5, 0.6) is 5.75 Å². The molecule has 3 N–H and O–H groups in total. The van der Waals surface area contributed by atoms with Crippen molar-refractivity contribution in [2.45, 2.75) is 38.5 Å². The van der Waals surface area contributed by atoms with Crippen molar-refractivity contribution in [1.82, 2.24) is 20.2 Å². The van der Waals surface area contributed by atoms with Crippen LogP contribution in [-0.2, 0) is 6.42 Å². The van der Waals surface area contributed by atoms with E-state index in [9.17, 15) is 0 Å². The molecule has 176 valence electrons. The number of benzene rings is 1. The predicted octanol–water partition coefficient (Wildman–Crippen LogP) is 4.07. The molecule has 2 saturated heterocycles. The van der Waals surface area contributed by atoms with Gasteiger partial charge in [-0.1, -0.05) is 12.2 Å². The fraction of sp³-hybridized carbons (Fsp3) is 0.538. The Hall–Kier alpha value is -2.64. The smallest absolute Gasteiger partial charge is 0.229 e. The Balaban J connectivity index is 1.20. The van der Waals surface area contributed by atoms with Crippen molar-refractivity contribution in [3.05, 3.63) is 41.6 Å². The largest absolute Gasteiger partial charge is 0.493 e. The summed E-state index contributed by atoms with van der Waals surface area (Å²) in [5.41, 5.74) is 3.46. The Labute approximate surface area is 197 Å². The van der Waals surface area contributed by atoms with E-state index >= 15 is 0 Å². The summed E-state index contributed by atoms with van der Waals surface area (Å²) in [6, 6.07) is 6.20. The molecule has 0 spiro atoms. The fourth-order valence-corrected chi connectivity index (χ4v) is 5.00. The maximum atomic E-state index is 6.25. The van der Waals surface area contributed by atoms with Crippen LogP contribution in [-0.4, -0.2) is 60.7 Å². The van der Waals surface area contributed by atoms with E-state index in [1.807, 2.05) is 12.3 Å². The third kappa shape index (κ3) is 6.03. The molecular formula is C26H36N6O. The summed E-state index contributed by atoms with van der Waals surface area (Å²) in [5.74, 6) is 3.14. The molecule has 1 aromatic heterocycles. The number of piperidine rings is 1. The highest BCUT2D eigenvalue weighted by atomic mass is 16.5. The summed E-state index contributed by atoms with van der Waals surface area (Å²) in [6.45, 7) is 7.53. The van der Waals surface area contributed by atoms with Crippen LogP contribution in [0.2, 0.25) is 0 Å². The fourth-order valence-electron chi connectivity index (χ4n) is 5.00. The quantitative estimate of drug-likeness (QED) is 0.473. The first-order valence-electron chi connectivity index (χ1n) is 12.6. The number of rotatable bonds is 10. The molecule has 0 atom stereocenters. The topological polar surface area (TPSA) is 74.3 Å². The van der Waals surface area contributed by atoms with Crippen LogP contribution < -0.4 is 20.7 Å². The number of fused-ring (bicyclic) bond motifs is 1. The standard InChI is InChI=1S/C26H36N6O/c1-2-14-32(13-1)15-4-16-33-24-18-22(17-21-5-3-6-23(21)24)30-26-28-12-9-25(31-26)29-19-20-7-10-27-11-8-20/h3,5,9,12,17-18,20,27H,1-2,4,6-8,10-11,13-16,19H2,(H2,28,29,30,31). The van der Waals surface area contributed by atoms with E-state index in [0.717, 1.165) is 62.9 Å². The normalized spacial score (nSPS) is 18.4. The van der Waals surface area contributed by atoms with E-state index in [1.165, 1.54) is 49.9 Å². The van der Waals surface area contributed by atoms with Crippen molar-refractivity contribution in [2.75, 3.05) is 56.5 Å². The van der Waals surface area contributed by atoms with Gasteiger partial charge in [0.1, 0.15) is 11.6 Å². The zero-order valence-electron chi connectivity index (χ0n) is 19.5. The number of allylic oxidation sites excluding steroid dienone is 1. The van der Waals surface area contributed by atoms with Gasteiger partial charge in [0, 0.05) is 36.6 Å². The minimum Gasteiger partial charge on any atom is -0.493 e. The number of hydrogen-bond donors (Lipinski definition) is 3. The lowest BCUT2D eigenvalue weighted by Gasteiger charge is -2.23. The van der Waals surface area contributed by atoms with Crippen molar-refractivity contribution in [1.29, 1.82) is 0 Å². The molecule has 1 aliphatic carbocycles. The van der Waals surface area contributed by atoms with Crippen molar-refractivity contribution >= 4 is 23.5 Å². The van der Waals surface area contributed by atoms with E-state index in [-0.39, 0.29) is 0 Å². The van der Waals surface area contributed by atoms with E-state index in [4.69, 9.17) is 4.74 Å². The molecule has 2 fully saturated rings. The van der Waals surface area contributed by atoms with E-state index in [0.29, 0.717) is 11.9 Å². The molecular weight excluding hydrogens is 412 g/mol. The maximum absolute atomic E-state index is 6.25. The monoisotopic (exact) mass is 448 g/mol. The van der Waals surface area contributed by atoms with E-state index in [1.54, 1.807) is 0 Å². The van der Waals surface area contributed by atoms with Crippen molar-refractivity contribution in [2.24, 2.45) is 5.92 Å². The van der Waals surface area contributed by atoms with Crippen molar-refractivity contribution < 1.29 is 4.74 Å². The highest BCUT2D eigenvalue weighted by Gasteiger charge is 2.16. The first-order valence-corrected chi connectivity index (χ1v) is 12.6. The number of aromatic nitrogens is 2. The average Bonchev–Trinajstić information content (AvgIpc) is 3.54. The van der Waals surface area contributed by atoms with Crippen LogP contribution in [0.15, 0.2) is 30.5 Å². The molecule has 0 unspecified atom stereocenters. The number of hydrogen-bond acceptors (Lipinski definition) is 7. The third-order valence-corrected chi connectivity index (χ3v) is 6.88. The van der Waals surface area contributed by atoms with Gasteiger partial charge < -0.3 is 25.6 Å². The second-order valence-electron chi connectivity index (χ2n) is 9.36. The van der Waals surface area contributed by atoms with Gasteiger partial charge in [-0.3, -0.25) is 0 Å². The highest BCUT2D eigenvalue weighted by Crippen LogP contribution is 2.34. The molecule has 2 aromatic rings. The lowest BCUT2D eigenvalue weighted by atomic mass is 9.98. The maximum Gasteiger partial charge on any atom is 0.229 e. The number of nitrogens with one attached hydrogen (secondary N) is 3. The zero-order chi connectivity index (χ0) is 22.3. The molecule has 3 aliphatic rings. The molecule has 0 bridgehead atoms. The zero-order valence-corrected chi connectivity index (χ0v) is 19.5. The lowest BCUT2D eigenvalue weighted by molar-refractivity contribution is 0.262. The van der Waals surface area contributed by atoms with Gasteiger partial charge in [-0.2, -0.15) is 4.98 Å². The Morgan fingerprint density at radius 1 is 1.15 bits per heavy atom. The Bertz CT molecular complexity index is 950. The summed E-state index contributed by atoms with van der Waals surface area (Å²) < 4.78 is 6.25. The average molecular weight is 449 g/mol. The van der Waals surface area contributed by atoms with Crippen LogP contribution in [0.1, 0.15) is 43.2 Å². The molecule has 7 heteroatoms. The third-order valence-electron chi connectivity index (χ3n) is 6.88. The van der Waals surface area contributed by atoms with Crippen molar-refractivity contribution in [3.8, 4) is 5.75 Å². The van der Waals surface area contributed by atoms with Gasteiger partial charge in [-0.05, 0) is 88.3 Å². The van der Waals surface area contributed by atoms with Crippen LogP contribution >= 0.6 is 0 Å². The molecule has 0 amide bonds. The second kappa shape index (κ2) is 11.0. The van der Waals surface area contributed by atoms with Crippen LogP contribution in [0, 0.1) is 5.92 Å². The Morgan fingerprint density at radius 2 is 2.03 bits per heavy atom. The van der Waals surface area contributed by atoms with Crippen molar-refractivity contribution in [3.63, 3.8) is 0 Å². The van der Waals surface area contributed by atoms with Crippen LogP contribution in [0.25, 0.3) is 6.08 Å². The highest BCUT2D eigenvalue weighted by molar-refractivity contribution is 5.71. The SMILES string of the molecule is C1=Cc2cc(Nc3nccc(NCC4CCNCC4)n3)cc(OCCCN3CCCC3)c2C1. The Morgan fingerprint density at radius 3 is 2.91 bits per heavy atom. The summed E-state index contributed by atoms with van der Waals surface area (Å²) >= 11 is 0. The molecule has 0 radical (unpaired) electrons. The Kier molecular flexibility index (Phi) is 7.38. The van der Waals surface area contributed by atoms with Gasteiger partial charge in [0.25, 0.3) is 0 Å². The predicted molar refractivity (Wildman–Crippen MR) is 134 cm³/mol. The number of ether oxygens (including phenoxy) is 1. The first-order chi connectivity index (χ1) is 16.3. The lowest BCUT2D eigenvalue weighted by Crippen LogP contribution is -2.31. The molecule has 33 heavy (non-hydrogen) atoms. The summed E-state index contributed by atoms with van der Waals surface area (Å²) in [6.07, 6.45) is 13.3. The molecule has 2 aliphatic heterocycles. The molecule has 3 heterocycles. The van der Waals surface area contributed by atoms with Crippen LogP contribution in [0.3, 0.4) is 0 Å². The van der Waals surface area contributed by atoms with Gasteiger partial charge in [0.05, 0.1) is 6.61 Å². The minimum atomic E-state index is 0.604. The number of likely N-dealkylation sites (tertiary alicyclic amines) is 1. The van der Waals surface area contributed by atoms with Crippen LogP contribution in [0.4, 0.5) is 17.5 Å². The molecule has 5 rings (SSSR count). The summed E-state index contributed by atoms with van der Waals surface area (Å²) in [5, 5.41) is 10.3. The van der Waals surface area contributed by atoms with E-state index < -0.39 is 0 Å². The van der Waals surface area contributed by atoms with Gasteiger partial charge in [0.2, 0.25) is 5.95 Å². The molecule has 1 aromatic carbocycles. The summed E-state index contributed by atoms with van der Waals surface area (Å²) in [7, 11) is 0. The van der Waals surface area contributed by atoms with Gasteiger partial charge >= 0.3 is 0 Å². The van der Waals surface area contributed by atoms with Gasteiger partial charge in [-0.25, -0.2) is 4.98 Å². The van der Waals surface area contributed by atoms with Gasteiger partial charge in [-0.15, -0.1) is 0 Å². The first kappa shape index (κ1) is 22.2. The van der Waals surface area contributed by atoms with E-state index in [2.05, 4.69) is 55.1 Å². The number of anilines is 3. The molecule has 7 nitrogen and oxygen atoms in total. The van der Waals surface area contributed by atoms with Gasteiger partial charge in [0.15, 0.2) is 0 Å². The summed E-state index contributed by atoms with van der Waals surface area (Å²) in [4.78, 5) is 11.7. The second-order valence-corrected chi connectivity index (χ2v) is 9.36. The number of nitrogens with zero attached hydrogens (tertiary/aromatic N) is 3. The molecule has 0 saturated carbocycles. The minimum absolute atomic E-state index is 0.604.